The Balaban J connectivity index is 1.82. The highest BCUT2D eigenvalue weighted by molar-refractivity contribution is 5.01. The average Bonchev–Trinajstić information content (AvgIpc) is 2.84. The van der Waals surface area contributed by atoms with Gasteiger partial charge in [-0.3, -0.25) is 4.90 Å². The minimum Gasteiger partial charge on any atom is -0.328 e. The van der Waals surface area contributed by atoms with Crippen molar-refractivity contribution < 1.29 is 4.39 Å². The normalized spacial score (nSPS) is 39.0. The Labute approximate surface area is 78.3 Å². The van der Waals surface area contributed by atoms with Crippen molar-refractivity contribution in [1.82, 2.24) is 4.90 Å². The van der Waals surface area contributed by atoms with Crippen LogP contribution in [0.1, 0.15) is 19.3 Å². The van der Waals surface area contributed by atoms with E-state index in [9.17, 15) is 4.39 Å². The van der Waals surface area contributed by atoms with E-state index in [-0.39, 0.29) is 6.54 Å². The second-order valence-electron chi connectivity index (χ2n) is 4.36. The highest BCUT2D eigenvalue weighted by Gasteiger charge is 2.43. The third kappa shape index (κ3) is 1.85. The second-order valence-corrected chi connectivity index (χ2v) is 4.36. The molecule has 0 aromatic carbocycles. The molecule has 1 aliphatic carbocycles. The van der Waals surface area contributed by atoms with Crippen LogP contribution < -0.4 is 11.5 Å². The summed E-state index contributed by atoms with van der Waals surface area (Å²) in [5, 5.41) is 0. The molecule has 0 bridgehead atoms. The second kappa shape index (κ2) is 3.19. The Bertz CT molecular complexity index is 189. The van der Waals surface area contributed by atoms with E-state index >= 15 is 0 Å². The van der Waals surface area contributed by atoms with Crippen molar-refractivity contribution in [2.45, 2.75) is 37.0 Å². The molecular weight excluding hydrogens is 169 g/mol. The van der Waals surface area contributed by atoms with Gasteiger partial charge in [0.2, 0.25) is 0 Å². The summed E-state index contributed by atoms with van der Waals surface area (Å²) in [5.74, 6) is 0. The van der Waals surface area contributed by atoms with Crippen molar-refractivity contribution >= 4 is 0 Å². The Hall–Kier alpha value is -0.190. The molecule has 13 heavy (non-hydrogen) atoms. The van der Waals surface area contributed by atoms with Crippen LogP contribution in [0.15, 0.2) is 0 Å². The van der Waals surface area contributed by atoms with Gasteiger partial charge in [0, 0.05) is 31.7 Å². The van der Waals surface area contributed by atoms with E-state index in [1.807, 2.05) is 0 Å². The summed E-state index contributed by atoms with van der Waals surface area (Å²) in [6.45, 7) is 1.82. The van der Waals surface area contributed by atoms with Gasteiger partial charge in [0.15, 0.2) is 0 Å². The van der Waals surface area contributed by atoms with Crippen LogP contribution in [0.3, 0.4) is 0 Å². The zero-order chi connectivity index (χ0) is 9.47. The Kier molecular flexibility index (Phi) is 2.30. The van der Waals surface area contributed by atoms with Crippen LogP contribution in [-0.4, -0.2) is 42.3 Å². The molecule has 1 heterocycles. The summed E-state index contributed by atoms with van der Waals surface area (Å²) in [5.41, 5.74) is 10.0. The number of rotatable bonds is 2. The van der Waals surface area contributed by atoms with Gasteiger partial charge in [-0.05, 0) is 19.3 Å². The predicted molar refractivity (Wildman–Crippen MR) is 50.1 cm³/mol. The monoisotopic (exact) mass is 187 g/mol. The fourth-order valence-electron chi connectivity index (χ4n) is 2.08. The Morgan fingerprint density at radius 1 is 1.38 bits per heavy atom. The smallest absolute Gasteiger partial charge is 0.125 e. The topological polar surface area (TPSA) is 55.3 Å². The molecule has 0 amide bonds. The minimum absolute atomic E-state index is 0.164. The molecule has 3 nitrogen and oxygen atoms in total. The van der Waals surface area contributed by atoms with Gasteiger partial charge in [-0.2, -0.15) is 0 Å². The van der Waals surface area contributed by atoms with E-state index in [1.54, 1.807) is 0 Å². The van der Waals surface area contributed by atoms with E-state index in [0.717, 1.165) is 19.5 Å². The summed E-state index contributed by atoms with van der Waals surface area (Å²) >= 11 is 0. The van der Waals surface area contributed by atoms with Crippen molar-refractivity contribution in [3.05, 3.63) is 0 Å². The first-order valence-corrected chi connectivity index (χ1v) is 5.03. The molecule has 0 spiro atoms. The number of hydrogen-bond donors (Lipinski definition) is 2. The van der Waals surface area contributed by atoms with Crippen LogP contribution >= 0.6 is 0 Å². The van der Waals surface area contributed by atoms with E-state index in [4.69, 9.17) is 11.5 Å². The molecule has 0 radical (unpaired) electrons. The third-order valence-electron chi connectivity index (χ3n) is 3.33. The van der Waals surface area contributed by atoms with Crippen molar-refractivity contribution in [3.8, 4) is 0 Å². The molecule has 2 fully saturated rings. The lowest BCUT2D eigenvalue weighted by atomic mass is 9.93. The summed E-state index contributed by atoms with van der Waals surface area (Å²) in [6.07, 6.45) is 2.24. The summed E-state index contributed by atoms with van der Waals surface area (Å²) < 4.78 is 13.7. The van der Waals surface area contributed by atoms with Crippen molar-refractivity contribution in [2.24, 2.45) is 11.5 Å². The lowest BCUT2D eigenvalue weighted by Crippen LogP contribution is -2.47. The van der Waals surface area contributed by atoms with E-state index in [2.05, 4.69) is 4.90 Å². The summed E-state index contributed by atoms with van der Waals surface area (Å²) in [4.78, 5) is 2.30. The first-order valence-electron chi connectivity index (χ1n) is 5.03. The highest BCUT2D eigenvalue weighted by atomic mass is 19.1. The quantitative estimate of drug-likeness (QED) is 0.632. The van der Waals surface area contributed by atoms with Crippen LogP contribution in [0.25, 0.3) is 0 Å². The number of likely N-dealkylation sites (tertiary alicyclic amines) is 1. The molecule has 1 saturated carbocycles. The van der Waals surface area contributed by atoms with Crippen molar-refractivity contribution in [3.63, 3.8) is 0 Å². The molecule has 2 unspecified atom stereocenters. The molecule has 2 aliphatic rings. The van der Waals surface area contributed by atoms with E-state index in [1.165, 1.54) is 0 Å². The fraction of sp³-hybridized carbons (Fsp3) is 1.00. The number of nitrogens with zero attached hydrogens (tertiary/aromatic N) is 1. The SMILES string of the molecule is NCC1(F)CCN(C2CC2N)CC1. The number of piperidine rings is 1. The molecule has 76 valence electrons. The molecule has 2 rings (SSSR count). The predicted octanol–water partition coefficient (Wildman–Crippen LogP) is -0.151. The highest BCUT2D eigenvalue weighted by Crippen LogP contribution is 2.32. The maximum atomic E-state index is 13.7. The summed E-state index contributed by atoms with van der Waals surface area (Å²) in [7, 11) is 0. The lowest BCUT2D eigenvalue weighted by Gasteiger charge is -2.35. The fourth-order valence-corrected chi connectivity index (χ4v) is 2.08. The van der Waals surface area contributed by atoms with Gasteiger partial charge in [0.1, 0.15) is 5.67 Å². The van der Waals surface area contributed by atoms with Crippen LogP contribution in [0, 0.1) is 0 Å². The van der Waals surface area contributed by atoms with Crippen LogP contribution in [0.4, 0.5) is 4.39 Å². The van der Waals surface area contributed by atoms with Crippen molar-refractivity contribution in [2.75, 3.05) is 19.6 Å². The van der Waals surface area contributed by atoms with Crippen molar-refractivity contribution in [1.29, 1.82) is 0 Å². The molecular formula is C9H18FN3. The van der Waals surface area contributed by atoms with Gasteiger partial charge in [0.25, 0.3) is 0 Å². The molecule has 1 aliphatic heterocycles. The van der Waals surface area contributed by atoms with Crippen LogP contribution in [0.2, 0.25) is 0 Å². The third-order valence-corrected chi connectivity index (χ3v) is 3.33. The molecule has 0 aromatic rings. The first-order chi connectivity index (χ1) is 6.14. The standard InChI is InChI=1S/C9H18FN3/c10-9(6-11)1-3-13(4-2-9)8-5-7(8)12/h7-8H,1-6,11-12H2. The Morgan fingerprint density at radius 2 is 1.92 bits per heavy atom. The Morgan fingerprint density at radius 3 is 2.31 bits per heavy atom. The minimum atomic E-state index is -1.10. The zero-order valence-corrected chi connectivity index (χ0v) is 7.88. The average molecular weight is 187 g/mol. The van der Waals surface area contributed by atoms with Gasteiger partial charge in [-0.15, -0.1) is 0 Å². The first kappa shape index (κ1) is 9.37. The lowest BCUT2D eigenvalue weighted by molar-refractivity contribution is 0.0611. The molecule has 1 saturated heterocycles. The van der Waals surface area contributed by atoms with Gasteiger partial charge in [-0.1, -0.05) is 0 Å². The van der Waals surface area contributed by atoms with Gasteiger partial charge < -0.3 is 11.5 Å². The number of nitrogens with two attached hydrogens (primary N) is 2. The van der Waals surface area contributed by atoms with Crippen LogP contribution in [0.5, 0.6) is 0 Å². The zero-order valence-electron chi connectivity index (χ0n) is 7.88. The maximum absolute atomic E-state index is 13.7. The molecule has 2 atom stereocenters. The van der Waals surface area contributed by atoms with Gasteiger partial charge in [-0.25, -0.2) is 4.39 Å². The molecule has 4 heteroatoms. The van der Waals surface area contributed by atoms with Crippen LogP contribution in [-0.2, 0) is 0 Å². The van der Waals surface area contributed by atoms with E-state index < -0.39 is 5.67 Å². The molecule has 0 aromatic heterocycles. The maximum Gasteiger partial charge on any atom is 0.125 e. The molecule has 4 N–H and O–H groups in total. The van der Waals surface area contributed by atoms with Gasteiger partial charge >= 0.3 is 0 Å². The number of halogens is 1. The number of hydrogen-bond acceptors (Lipinski definition) is 3. The van der Waals surface area contributed by atoms with E-state index in [0.29, 0.717) is 24.9 Å². The van der Waals surface area contributed by atoms with Gasteiger partial charge in [0.05, 0.1) is 0 Å². The largest absolute Gasteiger partial charge is 0.328 e. The summed E-state index contributed by atoms with van der Waals surface area (Å²) in [6, 6.07) is 0.868. The number of alkyl halides is 1.